The van der Waals surface area contributed by atoms with E-state index in [-0.39, 0.29) is 11.6 Å². The van der Waals surface area contributed by atoms with Crippen molar-refractivity contribution in [2.75, 3.05) is 5.75 Å². The first-order valence-corrected chi connectivity index (χ1v) is 8.02. The van der Waals surface area contributed by atoms with Crippen molar-refractivity contribution < 1.29 is 14.3 Å². The summed E-state index contributed by atoms with van der Waals surface area (Å²) in [6.45, 7) is 0.777. The Morgan fingerprint density at radius 3 is 2.95 bits per heavy atom. The molecule has 3 rings (SSSR count). The molecule has 0 radical (unpaired) electrons. The molecule has 2 aromatic rings. The molecule has 0 amide bonds. The fourth-order valence-corrected chi connectivity index (χ4v) is 3.15. The molecule has 1 saturated carbocycles. The largest absolute Gasteiger partial charge is 0.481 e. The first-order chi connectivity index (χ1) is 9.54. The molecular formula is C13H12BrFN2O2S. The van der Waals surface area contributed by atoms with E-state index in [4.69, 9.17) is 5.11 Å². The van der Waals surface area contributed by atoms with E-state index >= 15 is 0 Å². The Hall–Kier alpha value is -1.08. The van der Waals surface area contributed by atoms with Crippen molar-refractivity contribution in [3.8, 4) is 0 Å². The van der Waals surface area contributed by atoms with Gasteiger partial charge in [0.2, 0.25) is 0 Å². The second kappa shape index (κ2) is 5.37. The molecule has 0 atom stereocenters. The lowest BCUT2D eigenvalue weighted by atomic mass is 10.3. The number of carboxylic acid groups (broad SMARTS) is 1. The molecule has 106 valence electrons. The van der Waals surface area contributed by atoms with Gasteiger partial charge in [0.25, 0.3) is 0 Å². The van der Waals surface area contributed by atoms with E-state index in [1.165, 1.54) is 30.7 Å². The number of thioether (sulfide) groups is 1. The van der Waals surface area contributed by atoms with Gasteiger partial charge in [-0.15, -0.1) is 0 Å². The second-order valence-electron chi connectivity index (χ2n) is 4.89. The third-order valence-corrected chi connectivity index (χ3v) is 4.79. The van der Waals surface area contributed by atoms with Gasteiger partial charge in [-0.3, -0.25) is 4.79 Å². The van der Waals surface area contributed by atoms with Crippen molar-refractivity contribution >= 4 is 44.7 Å². The maximum absolute atomic E-state index is 13.7. The lowest BCUT2D eigenvalue weighted by Gasteiger charge is -2.07. The van der Waals surface area contributed by atoms with E-state index in [1.54, 1.807) is 6.07 Å². The van der Waals surface area contributed by atoms with E-state index < -0.39 is 5.97 Å². The van der Waals surface area contributed by atoms with E-state index in [0.717, 1.165) is 12.1 Å². The number of aromatic nitrogens is 2. The van der Waals surface area contributed by atoms with Gasteiger partial charge in [-0.05, 0) is 40.8 Å². The number of aliphatic carboxylic acids is 1. The van der Waals surface area contributed by atoms with Crippen molar-refractivity contribution in [2.24, 2.45) is 5.92 Å². The number of halogens is 2. The lowest BCUT2D eigenvalue weighted by molar-refractivity contribution is -0.133. The Morgan fingerprint density at radius 2 is 2.30 bits per heavy atom. The Bertz CT molecular complexity index is 685. The number of carboxylic acids is 1. The number of benzene rings is 1. The van der Waals surface area contributed by atoms with Gasteiger partial charge in [0, 0.05) is 12.6 Å². The van der Waals surface area contributed by atoms with Gasteiger partial charge in [-0.25, -0.2) is 9.37 Å². The normalized spacial score (nSPS) is 14.9. The van der Waals surface area contributed by atoms with Gasteiger partial charge < -0.3 is 9.67 Å². The highest BCUT2D eigenvalue weighted by Gasteiger charge is 2.25. The van der Waals surface area contributed by atoms with Crippen LogP contribution in [-0.2, 0) is 11.3 Å². The fraction of sp³-hybridized carbons (Fsp3) is 0.385. The van der Waals surface area contributed by atoms with Crippen molar-refractivity contribution in [1.82, 2.24) is 9.55 Å². The Balaban J connectivity index is 2.03. The first-order valence-electron chi connectivity index (χ1n) is 6.24. The van der Waals surface area contributed by atoms with Crippen LogP contribution in [0.3, 0.4) is 0 Å². The monoisotopic (exact) mass is 358 g/mol. The average Bonchev–Trinajstić information content (AvgIpc) is 3.14. The van der Waals surface area contributed by atoms with Crippen LogP contribution >= 0.6 is 27.7 Å². The van der Waals surface area contributed by atoms with Crippen LogP contribution in [0.5, 0.6) is 0 Å². The number of rotatable bonds is 5. The summed E-state index contributed by atoms with van der Waals surface area (Å²) in [7, 11) is 0. The van der Waals surface area contributed by atoms with Crippen LogP contribution in [0.4, 0.5) is 4.39 Å². The molecule has 1 aromatic heterocycles. The quantitative estimate of drug-likeness (QED) is 0.830. The van der Waals surface area contributed by atoms with Crippen LogP contribution in [0.25, 0.3) is 11.0 Å². The number of hydrogen-bond acceptors (Lipinski definition) is 3. The molecule has 1 aromatic carbocycles. The Labute approximate surface area is 127 Å². The van der Waals surface area contributed by atoms with Gasteiger partial charge in [0.1, 0.15) is 5.82 Å². The highest BCUT2D eigenvalue weighted by atomic mass is 79.9. The van der Waals surface area contributed by atoms with Gasteiger partial charge in [0.05, 0.1) is 21.3 Å². The molecular weight excluding hydrogens is 347 g/mol. The van der Waals surface area contributed by atoms with E-state index in [9.17, 15) is 9.18 Å². The van der Waals surface area contributed by atoms with Crippen molar-refractivity contribution in [3.63, 3.8) is 0 Å². The summed E-state index contributed by atoms with van der Waals surface area (Å²) in [4.78, 5) is 15.1. The number of nitrogens with zero attached hydrogens (tertiary/aromatic N) is 2. The van der Waals surface area contributed by atoms with Crippen molar-refractivity contribution in [1.29, 1.82) is 0 Å². The van der Waals surface area contributed by atoms with Crippen LogP contribution < -0.4 is 0 Å². The van der Waals surface area contributed by atoms with Gasteiger partial charge in [-0.2, -0.15) is 0 Å². The van der Waals surface area contributed by atoms with Gasteiger partial charge in [-0.1, -0.05) is 11.8 Å². The summed E-state index contributed by atoms with van der Waals surface area (Å²) in [5.74, 6) is -0.655. The predicted molar refractivity (Wildman–Crippen MR) is 78.5 cm³/mol. The molecule has 0 bridgehead atoms. The summed E-state index contributed by atoms with van der Waals surface area (Å²) >= 11 is 4.33. The number of hydrogen-bond donors (Lipinski definition) is 1. The van der Waals surface area contributed by atoms with Crippen LogP contribution in [0.2, 0.25) is 0 Å². The molecule has 0 aliphatic heterocycles. The first kappa shape index (κ1) is 13.9. The van der Waals surface area contributed by atoms with Crippen LogP contribution in [0.15, 0.2) is 21.8 Å². The molecule has 0 unspecified atom stereocenters. The number of carbonyl (C=O) groups is 1. The van der Waals surface area contributed by atoms with Crippen molar-refractivity contribution in [3.05, 3.63) is 22.4 Å². The number of imidazole rings is 1. The zero-order valence-corrected chi connectivity index (χ0v) is 12.9. The minimum absolute atomic E-state index is 0.0440. The molecule has 0 spiro atoms. The fourth-order valence-electron chi connectivity index (χ4n) is 2.07. The van der Waals surface area contributed by atoms with Gasteiger partial charge in [0.15, 0.2) is 5.16 Å². The molecule has 1 aliphatic carbocycles. The van der Waals surface area contributed by atoms with E-state index in [1.807, 2.05) is 4.57 Å². The molecule has 1 aliphatic rings. The zero-order chi connectivity index (χ0) is 14.3. The second-order valence-corrected chi connectivity index (χ2v) is 6.68. The maximum atomic E-state index is 13.7. The maximum Gasteiger partial charge on any atom is 0.313 e. The molecule has 1 heterocycles. The highest BCUT2D eigenvalue weighted by molar-refractivity contribution is 9.10. The third-order valence-electron chi connectivity index (χ3n) is 3.22. The topological polar surface area (TPSA) is 55.1 Å². The summed E-state index contributed by atoms with van der Waals surface area (Å²) in [6, 6.07) is 3.10. The molecule has 4 nitrogen and oxygen atoms in total. The Morgan fingerprint density at radius 1 is 1.55 bits per heavy atom. The summed E-state index contributed by atoms with van der Waals surface area (Å²) < 4.78 is 16.0. The Kier molecular flexibility index (Phi) is 3.72. The van der Waals surface area contributed by atoms with Crippen molar-refractivity contribution in [2.45, 2.75) is 24.5 Å². The van der Waals surface area contributed by atoms with E-state index in [2.05, 4.69) is 20.9 Å². The summed E-state index contributed by atoms with van der Waals surface area (Å²) in [5, 5.41) is 9.44. The smallest absolute Gasteiger partial charge is 0.313 e. The molecule has 1 fully saturated rings. The molecule has 20 heavy (non-hydrogen) atoms. The van der Waals surface area contributed by atoms with Crippen LogP contribution in [-0.4, -0.2) is 26.4 Å². The lowest BCUT2D eigenvalue weighted by Crippen LogP contribution is -2.04. The molecule has 7 heteroatoms. The zero-order valence-electron chi connectivity index (χ0n) is 10.5. The molecule has 0 saturated heterocycles. The standard InChI is InChI=1S/C13H12BrFN2O2S/c14-8-3-10-11(4-9(8)15)17(5-7-1-2-7)13(16-10)20-6-12(18)19/h3-4,7H,1-2,5-6H2,(H,18,19). The average molecular weight is 359 g/mol. The van der Waals surface area contributed by atoms with Crippen LogP contribution in [0.1, 0.15) is 12.8 Å². The van der Waals surface area contributed by atoms with Gasteiger partial charge >= 0.3 is 5.97 Å². The summed E-state index contributed by atoms with van der Waals surface area (Å²) in [6.07, 6.45) is 2.34. The minimum atomic E-state index is -0.882. The minimum Gasteiger partial charge on any atom is -0.481 e. The highest BCUT2D eigenvalue weighted by Crippen LogP contribution is 2.35. The summed E-state index contributed by atoms with van der Waals surface area (Å²) in [5.41, 5.74) is 1.41. The molecule has 1 N–H and O–H groups in total. The number of fused-ring (bicyclic) bond motifs is 1. The predicted octanol–water partition coefficient (Wildman–Crippen LogP) is 3.52. The van der Waals surface area contributed by atoms with Crippen LogP contribution in [0, 0.1) is 11.7 Å². The SMILES string of the molecule is O=C(O)CSc1nc2cc(Br)c(F)cc2n1CC1CC1. The van der Waals surface area contributed by atoms with E-state index in [0.29, 0.717) is 21.1 Å². The third kappa shape index (κ3) is 2.83.